The van der Waals surface area contributed by atoms with Crippen LogP contribution >= 0.6 is 0 Å². The summed E-state index contributed by atoms with van der Waals surface area (Å²) in [6.45, 7) is -0.149. The zero-order valence-electron chi connectivity index (χ0n) is 5.33. The summed E-state index contributed by atoms with van der Waals surface area (Å²) >= 11 is 0. The molecule has 1 rings (SSSR count). The Balaban J connectivity index is 2.55. The molecule has 0 aromatic carbocycles. The number of aliphatic hydroxyl groups is 1. The van der Waals surface area contributed by atoms with Gasteiger partial charge in [-0.3, -0.25) is 9.59 Å². The van der Waals surface area contributed by atoms with Crippen molar-refractivity contribution in [3.63, 3.8) is 0 Å². The lowest BCUT2D eigenvalue weighted by Crippen LogP contribution is -2.41. The fraction of sp³-hybridized carbons (Fsp3) is 0.600. The van der Waals surface area contributed by atoms with Crippen LogP contribution in [0, 0.1) is 0 Å². The van der Waals surface area contributed by atoms with Crippen molar-refractivity contribution in [2.24, 2.45) is 0 Å². The zero-order valence-corrected chi connectivity index (χ0v) is 5.33. The van der Waals surface area contributed by atoms with E-state index in [-0.39, 0.29) is 5.91 Å². The van der Waals surface area contributed by atoms with Crippen molar-refractivity contribution >= 4 is 11.8 Å². The van der Waals surface area contributed by atoms with Crippen molar-refractivity contribution in [2.45, 2.75) is 6.42 Å². The van der Waals surface area contributed by atoms with E-state index in [1.165, 1.54) is 0 Å². The second-order valence-corrected chi connectivity index (χ2v) is 1.94. The molecule has 0 bridgehead atoms. The number of hydrazine groups is 1. The van der Waals surface area contributed by atoms with Gasteiger partial charge in [0.05, 0.1) is 0 Å². The molecule has 5 nitrogen and oxygen atoms in total. The van der Waals surface area contributed by atoms with E-state index < -0.39 is 12.5 Å². The van der Waals surface area contributed by atoms with E-state index in [0.29, 0.717) is 13.0 Å². The summed E-state index contributed by atoms with van der Waals surface area (Å²) < 4.78 is 0. The summed E-state index contributed by atoms with van der Waals surface area (Å²) in [5.74, 6) is -0.874. The summed E-state index contributed by atoms with van der Waals surface area (Å²) in [6.07, 6.45) is 0.325. The molecule has 10 heavy (non-hydrogen) atoms. The lowest BCUT2D eigenvalue weighted by atomic mass is 10.4. The lowest BCUT2D eigenvalue weighted by molar-refractivity contribution is -0.146. The molecule has 0 spiro atoms. The maximum Gasteiger partial charge on any atom is 0.269 e. The Hall–Kier alpha value is -0.940. The highest BCUT2D eigenvalue weighted by molar-refractivity contribution is 5.96. The molecule has 1 aliphatic rings. The molecule has 1 fully saturated rings. The van der Waals surface area contributed by atoms with Gasteiger partial charge in [0.2, 0.25) is 5.91 Å². The van der Waals surface area contributed by atoms with Crippen LogP contribution in [0.2, 0.25) is 0 Å². The Morgan fingerprint density at radius 2 is 2.50 bits per heavy atom. The number of hydrogen-bond donors (Lipinski definition) is 2. The predicted octanol–water partition coefficient (Wildman–Crippen LogP) is -1.76. The second kappa shape index (κ2) is 2.76. The Bertz CT molecular complexity index is 168. The van der Waals surface area contributed by atoms with Gasteiger partial charge in [0.25, 0.3) is 5.91 Å². The van der Waals surface area contributed by atoms with Crippen LogP contribution in [-0.2, 0) is 9.59 Å². The largest absolute Gasteiger partial charge is 0.386 e. The summed E-state index contributed by atoms with van der Waals surface area (Å²) in [4.78, 5) is 21.3. The van der Waals surface area contributed by atoms with Gasteiger partial charge in [-0.15, -0.1) is 0 Å². The number of aliphatic hydroxyl groups excluding tert-OH is 1. The van der Waals surface area contributed by atoms with Gasteiger partial charge in [-0.1, -0.05) is 0 Å². The minimum atomic E-state index is -0.626. The van der Waals surface area contributed by atoms with E-state index in [1.807, 2.05) is 0 Å². The standard InChI is InChI=1S/C5H8N2O3/c8-3-5(10)7-4(9)1-2-6-7/h6,8H,1-3H2. The number of carbonyl (C=O) groups is 2. The number of rotatable bonds is 1. The molecule has 0 saturated carbocycles. The minimum Gasteiger partial charge on any atom is -0.386 e. The van der Waals surface area contributed by atoms with E-state index >= 15 is 0 Å². The first-order valence-corrected chi connectivity index (χ1v) is 2.96. The number of amides is 2. The molecule has 1 saturated heterocycles. The summed E-state index contributed by atoms with van der Waals surface area (Å²) in [5, 5.41) is 9.18. The Kier molecular flexibility index (Phi) is 1.98. The van der Waals surface area contributed by atoms with Gasteiger partial charge in [-0.2, -0.15) is 0 Å². The first-order chi connectivity index (χ1) is 4.75. The van der Waals surface area contributed by atoms with Gasteiger partial charge >= 0.3 is 0 Å². The predicted molar refractivity (Wildman–Crippen MR) is 31.6 cm³/mol. The van der Waals surface area contributed by atoms with Gasteiger partial charge in [-0.25, -0.2) is 10.4 Å². The first kappa shape index (κ1) is 7.17. The van der Waals surface area contributed by atoms with Crippen LogP contribution in [-0.4, -0.2) is 35.1 Å². The van der Waals surface area contributed by atoms with Crippen molar-refractivity contribution in [2.75, 3.05) is 13.2 Å². The molecule has 56 valence electrons. The number of carbonyl (C=O) groups excluding carboxylic acids is 2. The van der Waals surface area contributed by atoms with Crippen molar-refractivity contribution in [3.8, 4) is 0 Å². The van der Waals surface area contributed by atoms with Gasteiger partial charge in [-0.05, 0) is 0 Å². The highest BCUT2D eigenvalue weighted by atomic mass is 16.3. The van der Waals surface area contributed by atoms with Crippen LogP contribution < -0.4 is 5.43 Å². The maximum atomic E-state index is 10.7. The average molecular weight is 144 g/mol. The third-order valence-corrected chi connectivity index (χ3v) is 1.24. The van der Waals surface area contributed by atoms with Gasteiger partial charge in [0.15, 0.2) is 0 Å². The Morgan fingerprint density at radius 1 is 1.80 bits per heavy atom. The molecule has 0 aromatic rings. The molecule has 0 atom stereocenters. The van der Waals surface area contributed by atoms with Gasteiger partial charge in [0.1, 0.15) is 6.61 Å². The van der Waals surface area contributed by atoms with E-state index in [2.05, 4.69) is 5.43 Å². The van der Waals surface area contributed by atoms with E-state index in [1.54, 1.807) is 0 Å². The molecule has 5 heteroatoms. The SMILES string of the molecule is O=C(CO)N1NCCC1=O. The fourth-order valence-corrected chi connectivity index (χ4v) is 0.773. The summed E-state index contributed by atoms with van der Waals surface area (Å²) in [6, 6.07) is 0. The lowest BCUT2D eigenvalue weighted by Gasteiger charge is -2.10. The zero-order chi connectivity index (χ0) is 7.56. The molecular formula is C5H8N2O3. The van der Waals surface area contributed by atoms with Crippen molar-refractivity contribution in [3.05, 3.63) is 0 Å². The first-order valence-electron chi connectivity index (χ1n) is 2.96. The van der Waals surface area contributed by atoms with E-state index in [4.69, 9.17) is 5.11 Å². The normalized spacial score (nSPS) is 18.1. The van der Waals surface area contributed by atoms with Crippen LogP contribution in [0.1, 0.15) is 6.42 Å². The van der Waals surface area contributed by atoms with Crippen LogP contribution in [0.3, 0.4) is 0 Å². The minimum absolute atomic E-state index is 0.279. The van der Waals surface area contributed by atoms with Crippen molar-refractivity contribution in [1.82, 2.24) is 10.4 Å². The van der Waals surface area contributed by atoms with Crippen LogP contribution in [0.15, 0.2) is 0 Å². The third kappa shape index (κ3) is 1.14. The summed E-state index contributed by atoms with van der Waals surface area (Å²) in [7, 11) is 0. The Labute approximate surface area is 57.6 Å². The van der Waals surface area contributed by atoms with Gasteiger partial charge in [0, 0.05) is 13.0 Å². The smallest absolute Gasteiger partial charge is 0.269 e. The maximum absolute atomic E-state index is 10.7. The van der Waals surface area contributed by atoms with Crippen molar-refractivity contribution < 1.29 is 14.7 Å². The molecule has 0 aliphatic carbocycles. The molecule has 0 unspecified atom stereocenters. The molecule has 2 amide bonds. The molecule has 1 aliphatic heterocycles. The summed E-state index contributed by atoms with van der Waals surface area (Å²) in [5.41, 5.74) is 2.53. The van der Waals surface area contributed by atoms with E-state index in [9.17, 15) is 9.59 Å². The molecule has 1 heterocycles. The van der Waals surface area contributed by atoms with Crippen molar-refractivity contribution in [1.29, 1.82) is 0 Å². The molecular weight excluding hydrogens is 136 g/mol. The van der Waals surface area contributed by atoms with Crippen LogP contribution in [0.4, 0.5) is 0 Å². The quantitative estimate of drug-likeness (QED) is 0.457. The molecule has 0 aromatic heterocycles. The third-order valence-electron chi connectivity index (χ3n) is 1.24. The molecule has 0 radical (unpaired) electrons. The number of nitrogens with one attached hydrogen (secondary N) is 1. The fourth-order valence-electron chi connectivity index (χ4n) is 0.773. The second-order valence-electron chi connectivity index (χ2n) is 1.94. The number of hydrogen-bond acceptors (Lipinski definition) is 4. The average Bonchev–Trinajstić information content (AvgIpc) is 2.34. The Morgan fingerprint density at radius 3 is 2.90 bits per heavy atom. The highest BCUT2D eigenvalue weighted by Gasteiger charge is 2.24. The molecule has 2 N–H and O–H groups in total. The number of nitrogens with zero attached hydrogens (tertiary/aromatic N) is 1. The van der Waals surface area contributed by atoms with Gasteiger partial charge < -0.3 is 5.11 Å². The highest BCUT2D eigenvalue weighted by Crippen LogP contribution is 1.97. The monoisotopic (exact) mass is 144 g/mol. The van der Waals surface area contributed by atoms with Crippen LogP contribution in [0.5, 0.6) is 0 Å². The van der Waals surface area contributed by atoms with E-state index in [0.717, 1.165) is 5.01 Å². The topological polar surface area (TPSA) is 69.6 Å². The van der Waals surface area contributed by atoms with Crippen LogP contribution in [0.25, 0.3) is 0 Å². The number of imide groups is 1.